The fourth-order valence-electron chi connectivity index (χ4n) is 1.91. The topological polar surface area (TPSA) is 53.4 Å². The van der Waals surface area contributed by atoms with Crippen LogP contribution in [0.4, 0.5) is 13.2 Å². The molecule has 1 N–H and O–H groups in total. The first-order chi connectivity index (χ1) is 8.74. The van der Waals surface area contributed by atoms with Gasteiger partial charge in [0.1, 0.15) is 5.15 Å². The Labute approximate surface area is 111 Å². The molecule has 1 saturated heterocycles. The number of alkyl halides is 3. The fraction of sp³-hybridized carbons (Fsp3) is 0.455. The van der Waals surface area contributed by atoms with Crippen LogP contribution in [0.1, 0.15) is 16.8 Å². The first kappa shape index (κ1) is 14.1. The first-order valence-corrected chi connectivity index (χ1v) is 5.81. The van der Waals surface area contributed by atoms with Crippen LogP contribution in [0.2, 0.25) is 5.15 Å². The Kier molecular flexibility index (Phi) is 3.44. The van der Waals surface area contributed by atoms with Crippen LogP contribution in [0.15, 0.2) is 18.3 Å². The van der Waals surface area contributed by atoms with Gasteiger partial charge in [-0.1, -0.05) is 11.6 Å². The van der Waals surface area contributed by atoms with Crippen molar-refractivity contribution in [3.8, 4) is 0 Å². The number of likely N-dealkylation sites (tertiary alicyclic amines) is 1. The number of carbonyl (C=O) groups excluding carboxylic acids is 1. The average Bonchev–Trinajstić information content (AvgIpc) is 2.72. The third-order valence-corrected chi connectivity index (χ3v) is 3.35. The Morgan fingerprint density at radius 3 is 2.74 bits per heavy atom. The maximum atomic E-state index is 12.6. The Bertz CT molecular complexity index is 509. The molecule has 1 fully saturated rings. The molecule has 1 aromatic rings. The van der Waals surface area contributed by atoms with Crippen LogP contribution < -0.4 is 0 Å². The van der Waals surface area contributed by atoms with Gasteiger partial charge in [0.15, 0.2) is 5.60 Å². The summed E-state index contributed by atoms with van der Waals surface area (Å²) in [5.74, 6) is -0.668. The molecule has 1 aliphatic rings. The molecule has 0 radical (unpaired) electrons. The second-order valence-electron chi connectivity index (χ2n) is 4.35. The lowest BCUT2D eigenvalue weighted by molar-refractivity contribution is -0.253. The SMILES string of the molecule is O=C(c1cccnc1Cl)N1CC[C@@](O)(C(F)(F)F)C1. The Balaban J connectivity index is 2.18. The maximum absolute atomic E-state index is 12.6. The molecule has 4 nitrogen and oxygen atoms in total. The van der Waals surface area contributed by atoms with Gasteiger partial charge in [-0.2, -0.15) is 13.2 Å². The number of halogens is 4. The molecular formula is C11H10ClF3N2O2. The summed E-state index contributed by atoms with van der Waals surface area (Å²) < 4.78 is 37.9. The van der Waals surface area contributed by atoms with Crippen molar-refractivity contribution in [1.29, 1.82) is 0 Å². The summed E-state index contributed by atoms with van der Waals surface area (Å²) in [6.07, 6.45) is -3.93. The van der Waals surface area contributed by atoms with Gasteiger partial charge in [0.25, 0.3) is 5.91 Å². The number of aromatic nitrogens is 1. The zero-order valence-electron chi connectivity index (χ0n) is 9.62. The van der Waals surface area contributed by atoms with Crippen LogP contribution in [0.25, 0.3) is 0 Å². The van der Waals surface area contributed by atoms with Crippen LogP contribution in [0.3, 0.4) is 0 Å². The van der Waals surface area contributed by atoms with E-state index in [1.54, 1.807) is 0 Å². The van der Waals surface area contributed by atoms with E-state index in [-0.39, 0.29) is 17.3 Å². The predicted octanol–water partition coefficient (Wildman–Crippen LogP) is 1.87. The van der Waals surface area contributed by atoms with Crippen molar-refractivity contribution in [2.24, 2.45) is 0 Å². The van der Waals surface area contributed by atoms with Crippen molar-refractivity contribution in [2.45, 2.75) is 18.2 Å². The third kappa shape index (κ3) is 2.52. The molecule has 0 unspecified atom stereocenters. The number of amides is 1. The molecule has 0 saturated carbocycles. The van der Waals surface area contributed by atoms with E-state index >= 15 is 0 Å². The standard InChI is InChI=1S/C11H10ClF3N2O2/c12-8-7(2-1-4-16-8)9(18)17-5-3-10(19,6-17)11(13,14)15/h1-2,4,19H,3,5-6H2/t10-/m0/s1. The minimum atomic E-state index is -4.76. The van der Waals surface area contributed by atoms with Gasteiger partial charge >= 0.3 is 6.18 Å². The van der Waals surface area contributed by atoms with E-state index in [0.717, 1.165) is 4.90 Å². The van der Waals surface area contributed by atoms with Gasteiger partial charge in [-0.25, -0.2) is 4.98 Å². The molecule has 1 aliphatic heterocycles. The number of β-amino-alcohol motifs (C(OH)–C–C–N with tert-alkyl or cyclic N) is 1. The van der Waals surface area contributed by atoms with Crippen LogP contribution in [0, 0.1) is 0 Å². The number of pyridine rings is 1. The van der Waals surface area contributed by atoms with Gasteiger partial charge in [0.2, 0.25) is 0 Å². The number of carbonyl (C=O) groups is 1. The Morgan fingerprint density at radius 2 is 2.21 bits per heavy atom. The van der Waals surface area contributed by atoms with Crippen molar-refractivity contribution in [2.75, 3.05) is 13.1 Å². The molecule has 1 amide bonds. The first-order valence-electron chi connectivity index (χ1n) is 5.43. The molecule has 2 heterocycles. The molecule has 0 spiro atoms. The number of hydrogen-bond donors (Lipinski definition) is 1. The van der Waals surface area contributed by atoms with Gasteiger partial charge in [-0.3, -0.25) is 4.79 Å². The number of aliphatic hydroxyl groups is 1. The van der Waals surface area contributed by atoms with E-state index in [1.807, 2.05) is 0 Å². The quantitative estimate of drug-likeness (QED) is 0.805. The normalized spacial score (nSPS) is 23.7. The largest absolute Gasteiger partial charge is 0.419 e. The Hall–Kier alpha value is -1.34. The molecular weight excluding hydrogens is 285 g/mol. The lowest BCUT2D eigenvalue weighted by Crippen LogP contribution is -2.48. The monoisotopic (exact) mass is 294 g/mol. The summed E-state index contributed by atoms with van der Waals surface area (Å²) in [7, 11) is 0. The summed E-state index contributed by atoms with van der Waals surface area (Å²) in [6.45, 7) is -0.972. The number of hydrogen-bond acceptors (Lipinski definition) is 3. The van der Waals surface area contributed by atoms with Crippen LogP contribution in [-0.4, -0.2) is 45.8 Å². The minimum absolute atomic E-state index is 0.0237. The van der Waals surface area contributed by atoms with Crippen molar-refractivity contribution >= 4 is 17.5 Å². The van der Waals surface area contributed by atoms with Crippen LogP contribution >= 0.6 is 11.6 Å². The summed E-state index contributed by atoms with van der Waals surface area (Å²) in [4.78, 5) is 16.6. The fourth-order valence-corrected chi connectivity index (χ4v) is 2.11. The summed E-state index contributed by atoms with van der Waals surface area (Å²) in [5.41, 5.74) is -2.83. The van der Waals surface area contributed by atoms with Crippen molar-refractivity contribution in [3.05, 3.63) is 29.0 Å². The minimum Gasteiger partial charge on any atom is -0.379 e. The van der Waals surface area contributed by atoms with Gasteiger partial charge < -0.3 is 10.0 Å². The highest BCUT2D eigenvalue weighted by atomic mass is 35.5. The molecule has 19 heavy (non-hydrogen) atoms. The molecule has 0 aromatic carbocycles. The van der Waals surface area contributed by atoms with E-state index < -0.39 is 30.7 Å². The molecule has 104 valence electrons. The van der Waals surface area contributed by atoms with Crippen molar-refractivity contribution in [3.63, 3.8) is 0 Å². The summed E-state index contributed by atoms with van der Waals surface area (Å²) in [6, 6.07) is 2.84. The zero-order valence-corrected chi connectivity index (χ0v) is 10.4. The molecule has 2 rings (SSSR count). The predicted molar refractivity (Wildman–Crippen MR) is 60.8 cm³/mol. The number of nitrogens with zero attached hydrogens (tertiary/aromatic N) is 2. The highest BCUT2D eigenvalue weighted by molar-refractivity contribution is 6.32. The van der Waals surface area contributed by atoms with Crippen LogP contribution in [0.5, 0.6) is 0 Å². The lowest BCUT2D eigenvalue weighted by Gasteiger charge is -2.25. The van der Waals surface area contributed by atoms with E-state index in [2.05, 4.69) is 4.98 Å². The maximum Gasteiger partial charge on any atom is 0.419 e. The van der Waals surface area contributed by atoms with Gasteiger partial charge in [-0.15, -0.1) is 0 Å². The molecule has 1 aromatic heterocycles. The average molecular weight is 295 g/mol. The molecule has 8 heteroatoms. The molecule has 0 bridgehead atoms. The van der Waals surface area contributed by atoms with Gasteiger partial charge in [0.05, 0.1) is 12.1 Å². The number of rotatable bonds is 1. The second kappa shape index (κ2) is 4.64. The van der Waals surface area contributed by atoms with E-state index in [4.69, 9.17) is 11.6 Å². The van der Waals surface area contributed by atoms with Crippen LogP contribution in [-0.2, 0) is 0 Å². The molecule has 1 atom stereocenters. The lowest BCUT2D eigenvalue weighted by atomic mass is 10.0. The zero-order chi connectivity index (χ0) is 14.3. The smallest absolute Gasteiger partial charge is 0.379 e. The van der Waals surface area contributed by atoms with E-state index in [9.17, 15) is 23.1 Å². The summed E-state index contributed by atoms with van der Waals surface area (Å²) in [5, 5.41) is 9.42. The second-order valence-corrected chi connectivity index (χ2v) is 4.71. The van der Waals surface area contributed by atoms with Crippen molar-refractivity contribution < 1.29 is 23.1 Å². The van der Waals surface area contributed by atoms with E-state index in [1.165, 1.54) is 18.3 Å². The third-order valence-electron chi connectivity index (χ3n) is 3.05. The highest BCUT2D eigenvalue weighted by Crippen LogP contribution is 2.38. The van der Waals surface area contributed by atoms with Gasteiger partial charge in [0, 0.05) is 19.2 Å². The highest BCUT2D eigenvalue weighted by Gasteiger charge is 2.57. The Morgan fingerprint density at radius 1 is 1.53 bits per heavy atom. The molecule has 0 aliphatic carbocycles. The van der Waals surface area contributed by atoms with Crippen molar-refractivity contribution in [1.82, 2.24) is 9.88 Å². The van der Waals surface area contributed by atoms with E-state index in [0.29, 0.717) is 0 Å². The van der Waals surface area contributed by atoms with Gasteiger partial charge in [-0.05, 0) is 12.1 Å². The summed E-state index contributed by atoms with van der Waals surface area (Å²) >= 11 is 5.72.